The number of terminal acetylenes is 1. The van der Waals surface area contributed by atoms with E-state index in [2.05, 4.69) is 16.3 Å². The van der Waals surface area contributed by atoms with E-state index in [0.717, 1.165) is 5.56 Å². The van der Waals surface area contributed by atoms with Crippen molar-refractivity contribution in [3.05, 3.63) is 47.7 Å². The summed E-state index contributed by atoms with van der Waals surface area (Å²) in [6.07, 6.45) is 4.68. The Labute approximate surface area is 111 Å². The normalized spacial score (nSPS) is 9.68. The summed E-state index contributed by atoms with van der Waals surface area (Å²) in [6.45, 7) is 0.215. The zero-order chi connectivity index (χ0) is 13.7. The number of hydrogen-bond acceptors (Lipinski definition) is 3. The molecular formula is C14H13N3O2. The van der Waals surface area contributed by atoms with Crippen LogP contribution < -0.4 is 5.32 Å². The maximum atomic E-state index is 11.6. The third kappa shape index (κ3) is 3.36. The van der Waals surface area contributed by atoms with Gasteiger partial charge in [0.1, 0.15) is 18.1 Å². The van der Waals surface area contributed by atoms with Gasteiger partial charge in [-0.3, -0.25) is 10.00 Å². The Morgan fingerprint density at radius 3 is 2.84 bits per heavy atom. The van der Waals surface area contributed by atoms with Gasteiger partial charge in [-0.05, 0) is 11.5 Å². The monoisotopic (exact) mass is 255 g/mol. The number of carbonyl (C=O) groups is 1. The summed E-state index contributed by atoms with van der Waals surface area (Å²) in [5.74, 6) is 2.89. The van der Waals surface area contributed by atoms with E-state index in [4.69, 9.17) is 11.2 Å². The van der Waals surface area contributed by atoms with Crippen LogP contribution in [0.5, 0.6) is 0 Å². The van der Waals surface area contributed by atoms with Crippen LogP contribution in [-0.4, -0.2) is 15.9 Å². The molecule has 5 heteroatoms. The van der Waals surface area contributed by atoms with Gasteiger partial charge in [-0.1, -0.05) is 30.3 Å². The highest BCUT2D eigenvalue weighted by atomic mass is 16.5. The molecule has 5 nitrogen and oxygen atoms in total. The number of carbonyl (C=O) groups excluding carboxylic acids is 1. The maximum absolute atomic E-state index is 11.6. The second-order valence-electron chi connectivity index (χ2n) is 3.87. The van der Waals surface area contributed by atoms with Crippen molar-refractivity contribution < 1.29 is 9.53 Å². The van der Waals surface area contributed by atoms with Crippen LogP contribution in [0.3, 0.4) is 0 Å². The molecule has 1 heterocycles. The lowest BCUT2D eigenvalue weighted by Gasteiger charge is -2.06. The SMILES string of the molecule is C#Cc1cc(NC(=O)OCc2ccccc2)n(C)n1. The van der Waals surface area contributed by atoms with Gasteiger partial charge in [0.05, 0.1) is 0 Å². The second-order valence-corrected chi connectivity index (χ2v) is 3.87. The van der Waals surface area contributed by atoms with Crippen LogP contribution in [0, 0.1) is 12.3 Å². The number of rotatable bonds is 3. The van der Waals surface area contributed by atoms with E-state index < -0.39 is 6.09 Å². The Morgan fingerprint density at radius 2 is 2.21 bits per heavy atom. The van der Waals surface area contributed by atoms with E-state index in [1.54, 1.807) is 13.1 Å². The van der Waals surface area contributed by atoms with E-state index in [-0.39, 0.29) is 6.61 Å². The van der Waals surface area contributed by atoms with Crippen LogP contribution in [0.15, 0.2) is 36.4 Å². The van der Waals surface area contributed by atoms with Crippen LogP contribution in [0.1, 0.15) is 11.3 Å². The molecule has 2 rings (SSSR count). The number of benzene rings is 1. The first-order valence-electron chi connectivity index (χ1n) is 5.67. The molecule has 0 saturated heterocycles. The molecule has 0 spiro atoms. The number of amides is 1. The van der Waals surface area contributed by atoms with Crippen molar-refractivity contribution in [2.24, 2.45) is 7.05 Å². The lowest BCUT2D eigenvalue weighted by Crippen LogP contribution is -2.15. The van der Waals surface area contributed by atoms with Gasteiger partial charge in [-0.2, -0.15) is 5.10 Å². The number of hydrogen-bond donors (Lipinski definition) is 1. The van der Waals surface area contributed by atoms with Crippen LogP contribution in [0.2, 0.25) is 0 Å². The van der Waals surface area contributed by atoms with Gasteiger partial charge in [0.15, 0.2) is 0 Å². The highest BCUT2D eigenvalue weighted by Crippen LogP contribution is 2.09. The summed E-state index contributed by atoms with van der Waals surface area (Å²) in [5, 5.41) is 6.59. The fourth-order valence-electron chi connectivity index (χ4n) is 1.52. The van der Waals surface area contributed by atoms with Crippen LogP contribution in [-0.2, 0) is 18.4 Å². The molecule has 0 aliphatic carbocycles. The number of aryl methyl sites for hydroxylation is 1. The standard InChI is InChI=1S/C14H13N3O2/c1-3-12-9-13(17(2)16-12)15-14(18)19-10-11-7-5-4-6-8-11/h1,4-9H,10H2,2H3,(H,15,18). The molecule has 1 aromatic carbocycles. The molecule has 0 fully saturated rings. The van der Waals surface area contributed by atoms with Crippen LogP contribution in [0.4, 0.5) is 10.6 Å². The lowest BCUT2D eigenvalue weighted by atomic mass is 10.2. The fraction of sp³-hybridized carbons (Fsp3) is 0.143. The number of aromatic nitrogens is 2. The Balaban J connectivity index is 1.91. The molecule has 0 aliphatic rings. The number of ether oxygens (including phenoxy) is 1. The largest absolute Gasteiger partial charge is 0.444 e. The summed E-state index contributed by atoms with van der Waals surface area (Å²) in [4.78, 5) is 11.6. The zero-order valence-electron chi connectivity index (χ0n) is 10.5. The third-order valence-electron chi connectivity index (χ3n) is 2.47. The third-order valence-corrected chi connectivity index (χ3v) is 2.47. The number of nitrogens with one attached hydrogen (secondary N) is 1. The van der Waals surface area contributed by atoms with E-state index in [1.165, 1.54) is 4.68 Å². The molecule has 0 saturated carbocycles. The Kier molecular flexibility index (Phi) is 3.84. The van der Waals surface area contributed by atoms with E-state index in [1.807, 2.05) is 30.3 Å². The van der Waals surface area contributed by atoms with Gasteiger partial charge in [0.2, 0.25) is 0 Å². The van der Waals surface area contributed by atoms with Crippen molar-refractivity contribution in [2.75, 3.05) is 5.32 Å². The Hall–Kier alpha value is -2.74. The minimum absolute atomic E-state index is 0.215. The molecule has 1 aromatic heterocycles. The molecule has 1 amide bonds. The zero-order valence-corrected chi connectivity index (χ0v) is 10.5. The summed E-state index contributed by atoms with van der Waals surface area (Å²) < 4.78 is 6.57. The average Bonchev–Trinajstić information content (AvgIpc) is 2.78. The highest BCUT2D eigenvalue weighted by molar-refractivity contribution is 5.83. The predicted molar refractivity (Wildman–Crippen MR) is 71.4 cm³/mol. The van der Waals surface area contributed by atoms with Crippen LogP contribution >= 0.6 is 0 Å². The molecule has 19 heavy (non-hydrogen) atoms. The summed E-state index contributed by atoms with van der Waals surface area (Å²) in [7, 11) is 1.69. The quantitative estimate of drug-likeness (QED) is 0.855. The maximum Gasteiger partial charge on any atom is 0.413 e. The number of anilines is 1. The van der Waals surface area contributed by atoms with E-state index in [0.29, 0.717) is 11.5 Å². The average molecular weight is 255 g/mol. The molecule has 0 atom stereocenters. The minimum atomic E-state index is -0.546. The molecule has 1 N–H and O–H groups in total. The molecule has 0 unspecified atom stereocenters. The van der Waals surface area contributed by atoms with Gasteiger partial charge in [-0.15, -0.1) is 6.42 Å². The van der Waals surface area contributed by atoms with Crippen molar-refractivity contribution in [3.63, 3.8) is 0 Å². The van der Waals surface area contributed by atoms with Gasteiger partial charge in [-0.25, -0.2) is 4.79 Å². The second kappa shape index (κ2) is 5.74. The molecule has 96 valence electrons. The van der Waals surface area contributed by atoms with Gasteiger partial charge in [0.25, 0.3) is 0 Å². The smallest absolute Gasteiger partial charge is 0.413 e. The van der Waals surface area contributed by atoms with Crippen molar-refractivity contribution in [1.29, 1.82) is 0 Å². The predicted octanol–water partition coefficient (Wildman–Crippen LogP) is 2.15. The van der Waals surface area contributed by atoms with Crippen molar-refractivity contribution in [3.8, 4) is 12.3 Å². The molecule has 0 aliphatic heterocycles. The van der Waals surface area contributed by atoms with Gasteiger partial charge in [0, 0.05) is 13.1 Å². The first kappa shape index (κ1) is 12.7. The first-order chi connectivity index (χ1) is 9.19. The van der Waals surface area contributed by atoms with Gasteiger partial charge < -0.3 is 4.74 Å². The van der Waals surface area contributed by atoms with Crippen molar-refractivity contribution >= 4 is 11.9 Å². The number of nitrogens with zero attached hydrogens (tertiary/aromatic N) is 2. The summed E-state index contributed by atoms with van der Waals surface area (Å²) >= 11 is 0. The molecule has 0 bridgehead atoms. The lowest BCUT2D eigenvalue weighted by molar-refractivity contribution is 0.155. The molecular weight excluding hydrogens is 242 g/mol. The van der Waals surface area contributed by atoms with Crippen molar-refractivity contribution in [1.82, 2.24) is 9.78 Å². The van der Waals surface area contributed by atoms with E-state index >= 15 is 0 Å². The van der Waals surface area contributed by atoms with Gasteiger partial charge >= 0.3 is 6.09 Å². The summed E-state index contributed by atoms with van der Waals surface area (Å²) in [5.41, 5.74) is 1.38. The molecule has 2 aromatic rings. The highest BCUT2D eigenvalue weighted by Gasteiger charge is 2.08. The fourth-order valence-corrected chi connectivity index (χ4v) is 1.52. The Bertz CT molecular complexity index is 611. The topological polar surface area (TPSA) is 56.1 Å². The van der Waals surface area contributed by atoms with Crippen molar-refractivity contribution in [2.45, 2.75) is 6.61 Å². The minimum Gasteiger partial charge on any atom is -0.444 e. The first-order valence-corrected chi connectivity index (χ1v) is 5.67. The Morgan fingerprint density at radius 1 is 1.47 bits per heavy atom. The molecule has 0 radical (unpaired) electrons. The summed E-state index contributed by atoms with van der Waals surface area (Å²) in [6, 6.07) is 11.0. The van der Waals surface area contributed by atoms with Crippen LogP contribution in [0.25, 0.3) is 0 Å². The van der Waals surface area contributed by atoms with E-state index in [9.17, 15) is 4.79 Å².